The number of benzene rings is 2. The molecule has 0 fully saturated rings. The second-order valence-electron chi connectivity index (χ2n) is 5.98. The molecule has 9 heteroatoms. The number of carbonyl (C=O) groups excluding carboxylic acids is 2. The number of rotatable bonds is 7. The number of quaternary nitrogens is 1. The standard InChI is InChI=1S/C18H17F4N3O2/c1-25(9-15(26)23-8-11-2-4-12(19)5-3-11)10-16(27)24-14-7-6-13(20)17(21)18(14)22/h2-7H,8-10H2,1H3,(H,23,26)(H,24,27)/p+1. The van der Waals surface area contributed by atoms with Gasteiger partial charge in [0.05, 0.1) is 12.7 Å². The molecule has 0 aliphatic rings. The molecule has 0 saturated heterocycles. The van der Waals surface area contributed by atoms with Gasteiger partial charge in [0.2, 0.25) is 0 Å². The smallest absolute Gasteiger partial charge is 0.279 e. The van der Waals surface area contributed by atoms with Gasteiger partial charge in [0, 0.05) is 6.54 Å². The molecule has 2 aromatic carbocycles. The SMILES string of the molecule is C[NH+](CC(=O)NCc1ccc(F)cc1)CC(=O)Nc1ccc(F)c(F)c1F. The van der Waals surface area contributed by atoms with E-state index in [0.717, 1.165) is 6.07 Å². The molecule has 0 spiro atoms. The third-order valence-corrected chi connectivity index (χ3v) is 3.64. The first-order valence-electron chi connectivity index (χ1n) is 8.02. The maximum atomic E-state index is 13.5. The molecule has 0 aliphatic heterocycles. The van der Waals surface area contributed by atoms with Crippen LogP contribution in [0.25, 0.3) is 0 Å². The number of hydrogen-bond acceptors (Lipinski definition) is 2. The van der Waals surface area contributed by atoms with Gasteiger partial charge in [-0.1, -0.05) is 12.1 Å². The van der Waals surface area contributed by atoms with Crippen LogP contribution in [0.5, 0.6) is 0 Å². The Hall–Kier alpha value is -2.94. The fourth-order valence-electron chi connectivity index (χ4n) is 2.29. The molecule has 0 aromatic heterocycles. The van der Waals surface area contributed by atoms with Gasteiger partial charge in [-0.05, 0) is 29.8 Å². The van der Waals surface area contributed by atoms with E-state index in [9.17, 15) is 27.2 Å². The maximum Gasteiger partial charge on any atom is 0.279 e. The first-order chi connectivity index (χ1) is 12.8. The molecule has 0 saturated carbocycles. The second kappa shape index (κ2) is 9.13. The van der Waals surface area contributed by atoms with Gasteiger partial charge < -0.3 is 15.5 Å². The van der Waals surface area contributed by atoms with E-state index in [2.05, 4.69) is 10.6 Å². The molecule has 2 rings (SSSR count). The highest BCUT2D eigenvalue weighted by Crippen LogP contribution is 2.19. The summed E-state index contributed by atoms with van der Waals surface area (Å²) in [7, 11) is 1.57. The summed E-state index contributed by atoms with van der Waals surface area (Å²) in [4.78, 5) is 24.3. The van der Waals surface area contributed by atoms with Crippen LogP contribution >= 0.6 is 0 Å². The Kier molecular flexibility index (Phi) is 6.89. The van der Waals surface area contributed by atoms with Crippen LogP contribution in [0.4, 0.5) is 23.2 Å². The van der Waals surface area contributed by atoms with Crippen molar-refractivity contribution in [3.63, 3.8) is 0 Å². The first-order valence-corrected chi connectivity index (χ1v) is 8.02. The van der Waals surface area contributed by atoms with Crippen molar-refractivity contribution in [1.29, 1.82) is 0 Å². The van der Waals surface area contributed by atoms with E-state index in [-0.39, 0.29) is 31.4 Å². The Morgan fingerprint density at radius 2 is 1.52 bits per heavy atom. The molecule has 3 N–H and O–H groups in total. The van der Waals surface area contributed by atoms with Crippen molar-refractivity contribution in [2.45, 2.75) is 6.54 Å². The molecule has 0 heterocycles. The zero-order valence-electron chi connectivity index (χ0n) is 14.4. The minimum absolute atomic E-state index is 0.0468. The van der Waals surface area contributed by atoms with Crippen LogP contribution in [0.15, 0.2) is 36.4 Å². The Morgan fingerprint density at radius 3 is 2.19 bits per heavy atom. The summed E-state index contributed by atoms with van der Waals surface area (Å²) < 4.78 is 52.4. The van der Waals surface area contributed by atoms with Crippen LogP contribution in [0, 0.1) is 23.3 Å². The van der Waals surface area contributed by atoms with Gasteiger partial charge in [0.1, 0.15) is 5.82 Å². The monoisotopic (exact) mass is 384 g/mol. The van der Waals surface area contributed by atoms with Crippen LogP contribution in [0.1, 0.15) is 5.56 Å². The van der Waals surface area contributed by atoms with Crippen LogP contribution < -0.4 is 15.5 Å². The van der Waals surface area contributed by atoms with Crippen molar-refractivity contribution in [1.82, 2.24) is 5.32 Å². The highest BCUT2D eigenvalue weighted by atomic mass is 19.2. The van der Waals surface area contributed by atoms with E-state index in [4.69, 9.17) is 0 Å². The van der Waals surface area contributed by atoms with Gasteiger partial charge in [-0.25, -0.2) is 17.6 Å². The summed E-state index contributed by atoms with van der Waals surface area (Å²) in [5, 5.41) is 4.77. The molecule has 144 valence electrons. The molecule has 1 unspecified atom stereocenters. The maximum absolute atomic E-state index is 13.5. The number of nitrogens with one attached hydrogen (secondary N) is 3. The average Bonchev–Trinajstić information content (AvgIpc) is 2.61. The Bertz CT molecular complexity index is 828. The lowest BCUT2D eigenvalue weighted by Gasteiger charge is -2.14. The van der Waals surface area contributed by atoms with E-state index in [1.807, 2.05) is 0 Å². The molecule has 0 aliphatic carbocycles. The lowest BCUT2D eigenvalue weighted by atomic mass is 10.2. The first kappa shape index (κ1) is 20.4. The lowest BCUT2D eigenvalue weighted by molar-refractivity contribution is -0.862. The lowest BCUT2D eigenvalue weighted by Crippen LogP contribution is -3.11. The molecule has 27 heavy (non-hydrogen) atoms. The van der Waals surface area contributed by atoms with Gasteiger partial charge in [-0.15, -0.1) is 0 Å². The fourth-order valence-corrected chi connectivity index (χ4v) is 2.29. The quantitative estimate of drug-likeness (QED) is 0.493. The van der Waals surface area contributed by atoms with Gasteiger partial charge in [-0.2, -0.15) is 0 Å². The van der Waals surface area contributed by atoms with Crippen molar-refractivity contribution in [2.75, 3.05) is 25.5 Å². The average molecular weight is 384 g/mol. The van der Waals surface area contributed by atoms with Crippen LogP contribution in [0.2, 0.25) is 0 Å². The van der Waals surface area contributed by atoms with Gasteiger partial charge in [0.15, 0.2) is 30.5 Å². The van der Waals surface area contributed by atoms with Gasteiger partial charge >= 0.3 is 0 Å². The molecule has 2 aromatic rings. The topological polar surface area (TPSA) is 62.6 Å². The van der Waals surface area contributed by atoms with Crippen molar-refractivity contribution in [2.24, 2.45) is 0 Å². The zero-order valence-corrected chi connectivity index (χ0v) is 14.4. The van der Waals surface area contributed by atoms with Crippen molar-refractivity contribution >= 4 is 17.5 Å². The van der Waals surface area contributed by atoms with Gasteiger partial charge in [-0.3, -0.25) is 9.59 Å². The predicted octanol–water partition coefficient (Wildman–Crippen LogP) is 1.01. The number of hydrogen-bond donors (Lipinski definition) is 3. The van der Waals surface area contributed by atoms with Crippen molar-refractivity contribution < 1.29 is 32.1 Å². The summed E-state index contributed by atoms with van der Waals surface area (Å²) in [5.74, 6) is -5.90. The van der Waals surface area contributed by atoms with Crippen LogP contribution in [-0.4, -0.2) is 32.0 Å². The van der Waals surface area contributed by atoms with Crippen LogP contribution in [-0.2, 0) is 16.1 Å². The minimum atomic E-state index is -1.67. The molecular weight excluding hydrogens is 366 g/mol. The molecule has 0 radical (unpaired) electrons. The molecule has 5 nitrogen and oxygen atoms in total. The third-order valence-electron chi connectivity index (χ3n) is 3.64. The Morgan fingerprint density at radius 1 is 0.889 bits per heavy atom. The van der Waals surface area contributed by atoms with Crippen LogP contribution in [0.3, 0.4) is 0 Å². The number of anilines is 1. The summed E-state index contributed by atoms with van der Waals surface area (Å²) in [6.07, 6.45) is 0. The fraction of sp³-hybridized carbons (Fsp3) is 0.222. The van der Waals surface area contributed by atoms with E-state index in [1.54, 1.807) is 7.05 Å². The van der Waals surface area contributed by atoms with E-state index < -0.39 is 29.0 Å². The molecule has 2 amide bonds. The van der Waals surface area contributed by atoms with Crippen molar-refractivity contribution in [3.8, 4) is 0 Å². The summed E-state index contributed by atoms with van der Waals surface area (Å²) in [6, 6.07) is 7.25. The highest BCUT2D eigenvalue weighted by molar-refractivity contribution is 5.91. The van der Waals surface area contributed by atoms with E-state index >= 15 is 0 Å². The number of likely N-dealkylation sites (N-methyl/N-ethyl adjacent to an activating group) is 1. The summed E-state index contributed by atoms with van der Waals surface area (Å²) >= 11 is 0. The van der Waals surface area contributed by atoms with E-state index in [1.165, 1.54) is 24.3 Å². The molecule has 1 atom stereocenters. The Labute approximate surface area is 153 Å². The second-order valence-corrected chi connectivity index (χ2v) is 5.98. The van der Waals surface area contributed by atoms with Gasteiger partial charge in [0.25, 0.3) is 11.8 Å². The van der Waals surface area contributed by atoms with Crippen molar-refractivity contribution in [3.05, 3.63) is 65.2 Å². The summed E-state index contributed by atoms with van der Waals surface area (Å²) in [6.45, 7) is -0.0318. The number of carbonyl (C=O) groups is 2. The van der Waals surface area contributed by atoms with E-state index in [0.29, 0.717) is 16.5 Å². The largest absolute Gasteiger partial charge is 0.347 e. The predicted molar refractivity (Wildman–Crippen MR) is 89.8 cm³/mol. The highest BCUT2D eigenvalue weighted by Gasteiger charge is 2.18. The minimum Gasteiger partial charge on any atom is -0.347 e. The normalized spacial score (nSPS) is 11.7. The number of halogens is 4. The molecular formula is C18H18F4N3O2+. The number of amides is 2. The molecule has 0 bridgehead atoms. The summed E-state index contributed by atoms with van der Waals surface area (Å²) in [5.41, 5.74) is 0.237. The zero-order chi connectivity index (χ0) is 20.0. The third kappa shape index (κ3) is 6.07. The Balaban J connectivity index is 1.79.